The molecule has 0 bridgehead atoms. The summed E-state index contributed by atoms with van der Waals surface area (Å²) in [6.45, 7) is 3.63. The zero-order chi connectivity index (χ0) is 15.4. The van der Waals surface area contributed by atoms with E-state index >= 15 is 0 Å². The molecule has 1 fully saturated rings. The third kappa shape index (κ3) is 4.45. The van der Waals surface area contributed by atoms with E-state index in [9.17, 15) is 13.6 Å². The fourth-order valence-electron chi connectivity index (χ4n) is 2.18. The summed E-state index contributed by atoms with van der Waals surface area (Å²) < 4.78 is 31.7. The van der Waals surface area contributed by atoms with Crippen molar-refractivity contribution in [3.63, 3.8) is 0 Å². The van der Waals surface area contributed by atoms with Crippen molar-refractivity contribution in [2.75, 3.05) is 31.6 Å². The van der Waals surface area contributed by atoms with Crippen LogP contribution in [0.5, 0.6) is 0 Å². The number of ether oxygens (including phenoxy) is 1. The average Bonchev–Trinajstić information content (AvgIpc) is 2.42. The number of carbonyl (C=O) groups excluding carboxylic acids is 1. The Hall–Kier alpha value is -1.57. The number of anilines is 1. The Morgan fingerprint density at radius 2 is 2.33 bits per heavy atom. The number of nitrogens with two attached hydrogens (primary N) is 1. The lowest BCUT2D eigenvalue weighted by molar-refractivity contribution is -0.119. The van der Waals surface area contributed by atoms with Gasteiger partial charge in [0.25, 0.3) is 0 Å². The minimum absolute atomic E-state index is 0.0293. The van der Waals surface area contributed by atoms with Crippen LogP contribution < -0.4 is 11.1 Å². The highest BCUT2D eigenvalue weighted by Gasteiger charge is 2.24. The molecule has 1 aliphatic rings. The maximum Gasteiger partial charge on any atom is 0.238 e. The van der Waals surface area contributed by atoms with Gasteiger partial charge in [0.1, 0.15) is 11.6 Å². The normalized spacial score (nSPS) is 21.0. The number of nitrogens with one attached hydrogen (secondary N) is 1. The molecule has 1 heterocycles. The van der Waals surface area contributed by atoms with Crippen LogP contribution in [0, 0.1) is 11.6 Å². The standard InChI is InChI=1S/C14H19F2N3O2/c1-9(17)13-7-19(4-5-21-13)8-14(20)18-12-3-2-10(15)6-11(12)16/h2-3,6,9,13H,4-5,7-8,17H2,1H3,(H,18,20). The van der Waals surface area contributed by atoms with Gasteiger partial charge in [-0.1, -0.05) is 0 Å². The van der Waals surface area contributed by atoms with Crippen LogP contribution in [-0.2, 0) is 9.53 Å². The van der Waals surface area contributed by atoms with Crippen molar-refractivity contribution in [1.82, 2.24) is 4.90 Å². The second-order valence-electron chi connectivity index (χ2n) is 5.18. The van der Waals surface area contributed by atoms with Gasteiger partial charge in [0.05, 0.1) is 24.9 Å². The molecular weight excluding hydrogens is 280 g/mol. The zero-order valence-corrected chi connectivity index (χ0v) is 11.8. The second kappa shape index (κ2) is 6.93. The second-order valence-corrected chi connectivity index (χ2v) is 5.18. The topological polar surface area (TPSA) is 67.6 Å². The van der Waals surface area contributed by atoms with Crippen LogP contribution in [-0.4, -0.2) is 49.2 Å². The Morgan fingerprint density at radius 1 is 1.57 bits per heavy atom. The molecule has 0 aromatic heterocycles. The van der Waals surface area contributed by atoms with Crippen molar-refractivity contribution in [2.45, 2.75) is 19.1 Å². The minimum atomic E-state index is -0.793. The highest BCUT2D eigenvalue weighted by Crippen LogP contribution is 2.15. The Kier molecular flexibility index (Phi) is 5.22. The van der Waals surface area contributed by atoms with Gasteiger partial charge in [0.15, 0.2) is 0 Å². The Morgan fingerprint density at radius 3 is 3.00 bits per heavy atom. The molecule has 1 aromatic carbocycles. The molecule has 2 atom stereocenters. The number of carbonyl (C=O) groups is 1. The molecule has 0 saturated carbocycles. The van der Waals surface area contributed by atoms with E-state index in [1.807, 2.05) is 11.8 Å². The minimum Gasteiger partial charge on any atom is -0.374 e. The molecule has 21 heavy (non-hydrogen) atoms. The van der Waals surface area contributed by atoms with Gasteiger partial charge < -0.3 is 15.8 Å². The lowest BCUT2D eigenvalue weighted by Crippen LogP contribution is -2.51. The van der Waals surface area contributed by atoms with Crippen LogP contribution in [0.15, 0.2) is 18.2 Å². The first-order valence-electron chi connectivity index (χ1n) is 6.80. The lowest BCUT2D eigenvalue weighted by atomic mass is 10.1. The number of amides is 1. The molecule has 0 aliphatic carbocycles. The van der Waals surface area contributed by atoms with E-state index in [2.05, 4.69) is 5.32 Å². The van der Waals surface area contributed by atoms with Gasteiger partial charge in [-0.3, -0.25) is 9.69 Å². The van der Waals surface area contributed by atoms with Gasteiger partial charge in [0.2, 0.25) is 5.91 Å². The Bertz CT molecular complexity index is 511. The van der Waals surface area contributed by atoms with Crippen molar-refractivity contribution in [2.24, 2.45) is 5.73 Å². The molecule has 2 unspecified atom stereocenters. The van der Waals surface area contributed by atoms with Crippen LogP contribution in [0.25, 0.3) is 0 Å². The molecule has 2 rings (SSSR count). The molecule has 7 heteroatoms. The quantitative estimate of drug-likeness (QED) is 0.869. The predicted molar refractivity (Wildman–Crippen MR) is 74.8 cm³/mol. The summed E-state index contributed by atoms with van der Waals surface area (Å²) in [5.41, 5.74) is 5.75. The van der Waals surface area contributed by atoms with E-state index in [1.165, 1.54) is 6.07 Å². The van der Waals surface area contributed by atoms with Gasteiger partial charge in [-0.05, 0) is 19.1 Å². The van der Waals surface area contributed by atoms with Crippen molar-refractivity contribution >= 4 is 11.6 Å². The number of hydrogen-bond acceptors (Lipinski definition) is 4. The predicted octanol–water partition coefficient (Wildman–Crippen LogP) is 0.951. The maximum atomic E-state index is 13.5. The molecular formula is C14H19F2N3O2. The highest BCUT2D eigenvalue weighted by molar-refractivity contribution is 5.92. The number of rotatable bonds is 4. The highest BCUT2D eigenvalue weighted by atomic mass is 19.1. The van der Waals surface area contributed by atoms with E-state index in [1.54, 1.807) is 0 Å². The summed E-state index contributed by atoms with van der Waals surface area (Å²) in [6.07, 6.45) is -0.117. The average molecular weight is 299 g/mol. The first-order valence-corrected chi connectivity index (χ1v) is 6.80. The van der Waals surface area contributed by atoms with E-state index in [-0.39, 0.29) is 30.3 Å². The van der Waals surface area contributed by atoms with Gasteiger partial charge in [-0.15, -0.1) is 0 Å². The maximum absolute atomic E-state index is 13.5. The van der Waals surface area contributed by atoms with Crippen molar-refractivity contribution in [1.29, 1.82) is 0 Å². The summed E-state index contributed by atoms with van der Waals surface area (Å²) in [5.74, 6) is -1.83. The smallest absolute Gasteiger partial charge is 0.238 e. The van der Waals surface area contributed by atoms with E-state index in [0.717, 1.165) is 12.1 Å². The van der Waals surface area contributed by atoms with Crippen LogP contribution in [0.3, 0.4) is 0 Å². The zero-order valence-electron chi connectivity index (χ0n) is 11.8. The van der Waals surface area contributed by atoms with Crippen molar-refractivity contribution in [3.8, 4) is 0 Å². The number of nitrogens with zero attached hydrogens (tertiary/aromatic N) is 1. The summed E-state index contributed by atoms with van der Waals surface area (Å²) in [5, 5.41) is 2.43. The summed E-state index contributed by atoms with van der Waals surface area (Å²) in [7, 11) is 0. The molecule has 1 saturated heterocycles. The lowest BCUT2D eigenvalue weighted by Gasteiger charge is -2.34. The number of halogens is 2. The van der Waals surface area contributed by atoms with E-state index in [0.29, 0.717) is 19.7 Å². The molecule has 1 aliphatic heterocycles. The van der Waals surface area contributed by atoms with Crippen LogP contribution in [0.2, 0.25) is 0 Å². The summed E-state index contributed by atoms with van der Waals surface area (Å²) >= 11 is 0. The van der Waals surface area contributed by atoms with Crippen molar-refractivity contribution < 1.29 is 18.3 Å². The first-order chi connectivity index (χ1) is 9.95. The van der Waals surface area contributed by atoms with Gasteiger partial charge in [-0.2, -0.15) is 0 Å². The monoisotopic (exact) mass is 299 g/mol. The summed E-state index contributed by atoms with van der Waals surface area (Å²) in [6, 6.07) is 2.91. The SMILES string of the molecule is CC(N)C1CN(CC(=O)Nc2ccc(F)cc2F)CCO1. The van der Waals surface area contributed by atoms with E-state index < -0.39 is 11.6 Å². The molecule has 0 spiro atoms. The first kappa shape index (κ1) is 15.8. The van der Waals surface area contributed by atoms with E-state index in [4.69, 9.17) is 10.5 Å². The third-order valence-electron chi connectivity index (χ3n) is 3.34. The van der Waals surface area contributed by atoms with Crippen LogP contribution in [0.4, 0.5) is 14.5 Å². The molecule has 1 aromatic rings. The number of benzene rings is 1. The molecule has 0 radical (unpaired) electrons. The fourth-order valence-corrected chi connectivity index (χ4v) is 2.18. The molecule has 1 amide bonds. The Balaban J connectivity index is 1.89. The van der Waals surface area contributed by atoms with Crippen LogP contribution >= 0.6 is 0 Å². The van der Waals surface area contributed by atoms with Gasteiger partial charge >= 0.3 is 0 Å². The van der Waals surface area contributed by atoms with Crippen molar-refractivity contribution in [3.05, 3.63) is 29.8 Å². The van der Waals surface area contributed by atoms with Gasteiger partial charge in [0, 0.05) is 25.2 Å². The molecule has 5 nitrogen and oxygen atoms in total. The number of morpholine rings is 1. The largest absolute Gasteiger partial charge is 0.374 e. The summed E-state index contributed by atoms with van der Waals surface area (Å²) in [4.78, 5) is 13.8. The number of hydrogen-bond donors (Lipinski definition) is 2. The van der Waals surface area contributed by atoms with Crippen LogP contribution in [0.1, 0.15) is 6.92 Å². The molecule has 116 valence electrons. The molecule has 3 N–H and O–H groups in total. The van der Waals surface area contributed by atoms with Gasteiger partial charge in [-0.25, -0.2) is 8.78 Å². The Labute approximate surface area is 122 Å². The third-order valence-corrected chi connectivity index (χ3v) is 3.34. The fraction of sp³-hybridized carbons (Fsp3) is 0.500.